The lowest BCUT2D eigenvalue weighted by molar-refractivity contribution is 0.0741. The highest BCUT2D eigenvalue weighted by molar-refractivity contribution is 7.89. The molecule has 32 heavy (non-hydrogen) atoms. The second-order valence-electron chi connectivity index (χ2n) is 7.70. The fourth-order valence-electron chi connectivity index (χ4n) is 3.56. The van der Waals surface area contributed by atoms with Crippen molar-refractivity contribution >= 4 is 21.6 Å². The van der Waals surface area contributed by atoms with Gasteiger partial charge < -0.3 is 14.4 Å². The molecule has 0 saturated carbocycles. The predicted octanol–water partition coefficient (Wildman–Crippen LogP) is 2.22. The van der Waals surface area contributed by atoms with Crippen molar-refractivity contribution in [2.45, 2.75) is 4.90 Å². The molecule has 4 rings (SSSR count). The third-order valence-electron chi connectivity index (χ3n) is 5.47. The molecule has 0 atom stereocenters. The molecule has 1 amide bonds. The number of aromatic nitrogens is 2. The summed E-state index contributed by atoms with van der Waals surface area (Å²) in [7, 11) is -0.535. The zero-order chi connectivity index (χ0) is 22.9. The summed E-state index contributed by atoms with van der Waals surface area (Å²) < 4.78 is 40.4. The average molecular weight is 458 g/mol. The van der Waals surface area contributed by atoms with Crippen LogP contribution in [0.4, 0.5) is 10.1 Å². The highest BCUT2D eigenvalue weighted by atomic mass is 32.2. The van der Waals surface area contributed by atoms with E-state index in [1.165, 1.54) is 44.7 Å². The molecule has 8 nitrogen and oxygen atoms in total. The van der Waals surface area contributed by atoms with Gasteiger partial charge in [-0.1, -0.05) is 0 Å². The van der Waals surface area contributed by atoms with E-state index in [1.807, 2.05) is 0 Å². The number of carbonyl (C=O) groups excluding carboxylic acids is 1. The van der Waals surface area contributed by atoms with Crippen molar-refractivity contribution < 1.29 is 17.6 Å². The number of anilines is 1. The van der Waals surface area contributed by atoms with Crippen LogP contribution in [0, 0.1) is 5.82 Å². The second kappa shape index (κ2) is 8.71. The first kappa shape index (κ1) is 22.0. The number of imidazole rings is 1. The maximum Gasteiger partial charge on any atom is 0.274 e. The van der Waals surface area contributed by atoms with Crippen LogP contribution in [-0.4, -0.2) is 73.4 Å². The molecular weight excluding hydrogens is 433 g/mol. The first-order chi connectivity index (χ1) is 15.3. The number of sulfonamides is 1. The standard InChI is InChI=1S/C22H24FN5O3S/c1-25(2)32(30,31)20-9-7-19(8-10-20)28-15-21(24-16-28)22(29)27-13-11-26(12-14-27)18-5-3-17(23)4-6-18/h3-10,15-16H,11-14H2,1-2H3. The quantitative estimate of drug-likeness (QED) is 0.587. The van der Waals surface area contributed by atoms with Crippen molar-refractivity contribution in [1.82, 2.24) is 18.8 Å². The summed E-state index contributed by atoms with van der Waals surface area (Å²) in [6.07, 6.45) is 3.18. The van der Waals surface area contributed by atoms with Gasteiger partial charge in [0.15, 0.2) is 0 Å². The van der Waals surface area contributed by atoms with Gasteiger partial charge in [-0.2, -0.15) is 0 Å². The van der Waals surface area contributed by atoms with Gasteiger partial charge in [0, 0.05) is 57.8 Å². The summed E-state index contributed by atoms with van der Waals surface area (Å²) in [5, 5.41) is 0. The Morgan fingerprint density at radius 1 is 0.938 bits per heavy atom. The van der Waals surface area contributed by atoms with Crippen LogP contribution in [0.3, 0.4) is 0 Å². The highest BCUT2D eigenvalue weighted by Crippen LogP contribution is 2.19. The Morgan fingerprint density at radius 2 is 1.53 bits per heavy atom. The monoisotopic (exact) mass is 457 g/mol. The molecule has 2 aromatic carbocycles. The Bertz CT molecular complexity index is 1200. The number of benzene rings is 2. The number of hydrogen-bond acceptors (Lipinski definition) is 5. The van der Waals surface area contributed by atoms with Crippen LogP contribution in [0.2, 0.25) is 0 Å². The third-order valence-corrected chi connectivity index (χ3v) is 7.30. The van der Waals surface area contributed by atoms with E-state index >= 15 is 0 Å². The SMILES string of the molecule is CN(C)S(=O)(=O)c1ccc(-n2cnc(C(=O)N3CCN(c4ccc(F)cc4)CC3)c2)cc1. The van der Waals surface area contributed by atoms with Crippen molar-refractivity contribution in [1.29, 1.82) is 0 Å². The van der Waals surface area contributed by atoms with Crippen LogP contribution >= 0.6 is 0 Å². The lowest BCUT2D eigenvalue weighted by atomic mass is 10.2. The molecule has 2 heterocycles. The molecule has 0 spiro atoms. The first-order valence-corrected chi connectivity index (χ1v) is 11.6. The van der Waals surface area contributed by atoms with Gasteiger partial charge in [-0.3, -0.25) is 4.79 Å². The van der Waals surface area contributed by atoms with Crippen molar-refractivity contribution in [3.05, 3.63) is 72.6 Å². The predicted molar refractivity (Wildman–Crippen MR) is 119 cm³/mol. The number of halogens is 1. The van der Waals surface area contributed by atoms with Crippen LogP contribution in [0.25, 0.3) is 5.69 Å². The molecule has 3 aromatic rings. The number of rotatable bonds is 5. The summed E-state index contributed by atoms with van der Waals surface area (Å²) in [6.45, 7) is 2.39. The van der Waals surface area contributed by atoms with Crippen LogP contribution in [-0.2, 0) is 10.0 Å². The molecule has 0 bridgehead atoms. The average Bonchev–Trinajstić information content (AvgIpc) is 3.29. The number of nitrogens with zero attached hydrogens (tertiary/aromatic N) is 5. The van der Waals surface area contributed by atoms with Crippen molar-refractivity contribution in [2.24, 2.45) is 0 Å². The smallest absolute Gasteiger partial charge is 0.274 e. The summed E-state index contributed by atoms with van der Waals surface area (Å²) in [6, 6.07) is 12.8. The molecule has 1 aliphatic rings. The Balaban J connectivity index is 1.41. The Hall–Kier alpha value is -3.24. The van der Waals surface area contributed by atoms with Crippen LogP contribution < -0.4 is 4.90 Å². The zero-order valence-electron chi connectivity index (χ0n) is 17.8. The minimum absolute atomic E-state index is 0.158. The first-order valence-electron chi connectivity index (χ1n) is 10.1. The second-order valence-corrected chi connectivity index (χ2v) is 9.86. The minimum Gasteiger partial charge on any atom is -0.368 e. The van der Waals surface area contributed by atoms with Gasteiger partial charge in [-0.25, -0.2) is 22.1 Å². The molecule has 1 aliphatic heterocycles. The lowest BCUT2D eigenvalue weighted by Gasteiger charge is -2.35. The molecular formula is C22H24FN5O3S. The molecule has 10 heteroatoms. The van der Waals surface area contributed by atoms with E-state index in [4.69, 9.17) is 0 Å². The number of amides is 1. The molecule has 168 valence electrons. The third kappa shape index (κ3) is 4.37. The van der Waals surface area contributed by atoms with Crippen molar-refractivity contribution in [3.63, 3.8) is 0 Å². The largest absolute Gasteiger partial charge is 0.368 e. The normalized spacial score (nSPS) is 14.8. The Morgan fingerprint density at radius 3 is 2.12 bits per heavy atom. The van der Waals surface area contributed by atoms with E-state index in [-0.39, 0.29) is 16.6 Å². The molecule has 0 N–H and O–H groups in total. The van der Waals surface area contributed by atoms with Gasteiger partial charge in [0.05, 0.1) is 4.90 Å². The summed E-state index contributed by atoms with van der Waals surface area (Å²) in [5.41, 5.74) is 1.96. The fourth-order valence-corrected chi connectivity index (χ4v) is 4.46. The maximum atomic E-state index is 13.1. The van der Waals surface area contributed by atoms with Crippen LogP contribution in [0.1, 0.15) is 10.5 Å². The maximum absolute atomic E-state index is 13.1. The van der Waals surface area contributed by atoms with Gasteiger partial charge in [0.25, 0.3) is 5.91 Å². The van der Waals surface area contributed by atoms with Gasteiger partial charge in [-0.05, 0) is 48.5 Å². The van der Waals surface area contributed by atoms with E-state index in [0.717, 1.165) is 9.99 Å². The van der Waals surface area contributed by atoms with Gasteiger partial charge >= 0.3 is 0 Å². The molecule has 1 saturated heterocycles. The molecule has 0 radical (unpaired) electrons. The zero-order valence-corrected chi connectivity index (χ0v) is 18.7. The van der Waals surface area contributed by atoms with Gasteiger partial charge in [-0.15, -0.1) is 0 Å². The van der Waals surface area contributed by atoms with E-state index in [1.54, 1.807) is 39.9 Å². The fraction of sp³-hybridized carbons (Fsp3) is 0.273. The lowest BCUT2D eigenvalue weighted by Crippen LogP contribution is -2.48. The molecule has 0 unspecified atom stereocenters. The summed E-state index contributed by atoms with van der Waals surface area (Å²) in [4.78, 5) is 21.2. The van der Waals surface area contributed by atoms with E-state index in [9.17, 15) is 17.6 Å². The van der Waals surface area contributed by atoms with Crippen molar-refractivity contribution in [2.75, 3.05) is 45.2 Å². The van der Waals surface area contributed by atoms with Crippen LogP contribution in [0.5, 0.6) is 0 Å². The molecule has 1 fully saturated rings. The van der Waals surface area contributed by atoms with Gasteiger partial charge in [0.2, 0.25) is 10.0 Å². The van der Waals surface area contributed by atoms with Crippen molar-refractivity contribution in [3.8, 4) is 5.69 Å². The number of carbonyl (C=O) groups is 1. The summed E-state index contributed by atoms with van der Waals surface area (Å²) >= 11 is 0. The topological polar surface area (TPSA) is 78.8 Å². The highest BCUT2D eigenvalue weighted by Gasteiger charge is 2.24. The molecule has 0 aliphatic carbocycles. The van der Waals surface area contributed by atoms with Crippen LogP contribution in [0.15, 0.2) is 66.0 Å². The minimum atomic E-state index is -3.50. The number of piperazine rings is 1. The number of hydrogen-bond donors (Lipinski definition) is 0. The Kier molecular flexibility index (Phi) is 5.98. The molecule has 1 aromatic heterocycles. The summed E-state index contributed by atoms with van der Waals surface area (Å²) in [5.74, 6) is -0.429. The van der Waals surface area contributed by atoms with E-state index in [2.05, 4.69) is 9.88 Å². The van der Waals surface area contributed by atoms with E-state index in [0.29, 0.717) is 37.6 Å². The Labute approximate surface area is 186 Å². The van der Waals surface area contributed by atoms with Gasteiger partial charge in [0.1, 0.15) is 17.8 Å². The van der Waals surface area contributed by atoms with E-state index < -0.39 is 10.0 Å².